The van der Waals surface area contributed by atoms with Gasteiger partial charge in [-0.25, -0.2) is 4.79 Å². The number of nitriles is 1. The molecular formula is C32H36F3N7O2. The Kier molecular flexibility index (Phi) is 8.97. The second-order valence-electron chi connectivity index (χ2n) is 11.7. The van der Waals surface area contributed by atoms with E-state index < -0.39 is 23.9 Å². The Hall–Kier alpha value is -4.37. The molecular weight excluding hydrogens is 571 g/mol. The van der Waals surface area contributed by atoms with E-state index in [1.54, 1.807) is 23.1 Å². The second kappa shape index (κ2) is 12.7. The van der Waals surface area contributed by atoms with Crippen molar-refractivity contribution in [2.75, 3.05) is 50.1 Å². The van der Waals surface area contributed by atoms with Gasteiger partial charge < -0.3 is 24.6 Å². The van der Waals surface area contributed by atoms with Gasteiger partial charge in [-0.1, -0.05) is 36.4 Å². The van der Waals surface area contributed by atoms with Crippen molar-refractivity contribution in [2.24, 2.45) is 0 Å². The molecule has 0 saturated carbocycles. The van der Waals surface area contributed by atoms with Crippen LogP contribution in [0.5, 0.6) is 0 Å². The molecule has 12 heteroatoms. The number of halogens is 3. The van der Waals surface area contributed by atoms with Crippen LogP contribution in [0.1, 0.15) is 29.7 Å². The molecule has 1 N–H and O–H groups in total. The molecule has 1 amide bonds. The molecule has 1 saturated heterocycles. The normalized spacial score (nSPS) is 19.4. The minimum Gasteiger partial charge on any atom is -0.353 e. The first-order chi connectivity index (χ1) is 21.0. The van der Waals surface area contributed by atoms with E-state index in [1.165, 1.54) is 11.0 Å². The topological polar surface area (TPSA) is 99.6 Å². The lowest BCUT2D eigenvalue weighted by atomic mass is 10.0. The van der Waals surface area contributed by atoms with E-state index in [-0.39, 0.29) is 44.8 Å². The Morgan fingerprint density at radius 2 is 1.95 bits per heavy atom. The molecule has 0 unspecified atom stereocenters. The maximum Gasteiger partial charge on any atom is 0.408 e. The summed E-state index contributed by atoms with van der Waals surface area (Å²) >= 11 is 0. The Balaban J connectivity index is 1.51. The highest BCUT2D eigenvalue weighted by Gasteiger charge is 2.46. The molecule has 0 bridgehead atoms. The number of aromatic nitrogens is 2. The van der Waals surface area contributed by atoms with Crippen molar-refractivity contribution < 1.29 is 18.0 Å². The summed E-state index contributed by atoms with van der Waals surface area (Å²) in [7, 11) is 3.78. The molecule has 0 spiro atoms. The summed E-state index contributed by atoms with van der Waals surface area (Å²) in [4.78, 5) is 39.6. The van der Waals surface area contributed by atoms with Gasteiger partial charge in [0, 0.05) is 54.6 Å². The number of piperazine rings is 1. The smallest absolute Gasteiger partial charge is 0.353 e. The number of anilines is 2. The van der Waals surface area contributed by atoms with Gasteiger partial charge in [0.2, 0.25) is 5.91 Å². The van der Waals surface area contributed by atoms with Crippen LogP contribution in [-0.2, 0) is 17.8 Å². The quantitative estimate of drug-likeness (QED) is 0.420. The zero-order chi connectivity index (χ0) is 31.6. The third kappa shape index (κ3) is 6.43. The third-order valence-corrected chi connectivity index (χ3v) is 8.37. The van der Waals surface area contributed by atoms with Gasteiger partial charge in [0.15, 0.2) is 0 Å². The van der Waals surface area contributed by atoms with Crippen LogP contribution in [0.25, 0.3) is 10.8 Å². The first-order valence-corrected chi connectivity index (χ1v) is 14.7. The van der Waals surface area contributed by atoms with Crippen molar-refractivity contribution >= 4 is 28.2 Å². The largest absolute Gasteiger partial charge is 0.408 e. The number of hydrogen-bond donors (Lipinski definition) is 1. The first-order valence-electron chi connectivity index (χ1n) is 14.7. The average molecular weight is 608 g/mol. The first kappa shape index (κ1) is 31.1. The predicted octanol–water partition coefficient (Wildman–Crippen LogP) is 4.16. The molecule has 1 fully saturated rings. The fraction of sp³-hybridized carbons (Fsp3) is 0.438. The van der Waals surface area contributed by atoms with E-state index in [2.05, 4.69) is 16.0 Å². The number of aryl methyl sites for hydroxylation is 1. The minimum atomic E-state index is -4.52. The van der Waals surface area contributed by atoms with E-state index in [0.717, 1.165) is 16.3 Å². The number of alkyl halides is 3. The van der Waals surface area contributed by atoms with E-state index in [1.807, 2.05) is 55.1 Å². The van der Waals surface area contributed by atoms with E-state index in [9.17, 15) is 28.0 Å². The number of rotatable bonds is 6. The van der Waals surface area contributed by atoms with Gasteiger partial charge in [0.1, 0.15) is 11.9 Å². The molecule has 3 aromatic rings. The van der Waals surface area contributed by atoms with Gasteiger partial charge in [0.25, 0.3) is 0 Å². The molecule has 1 aromatic heterocycles. The third-order valence-electron chi connectivity index (χ3n) is 8.37. The minimum absolute atomic E-state index is 0.0498. The molecule has 0 aliphatic carbocycles. The van der Waals surface area contributed by atoms with Gasteiger partial charge in [-0.05, 0) is 50.9 Å². The number of H-pyrrole nitrogens is 1. The summed E-state index contributed by atoms with van der Waals surface area (Å²) in [5.74, 6) is 0.109. The molecule has 3 heterocycles. The van der Waals surface area contributed by atoms with Crippen LogP contribution >= 0.6 is 0 Å². The number of amides is 1. The number of aromatic amines is 1. The Bertz CT molecular complexity index is 1660. The maximum absolute atomic E-state index is 14.7. The number of hydrogen-bond acceptors (Lipinski definition) is 7. The van der Waals surface area contributed by atoms with Crippen molar-refractivity contribution in [3.05, 3.63) is 75.9 Å². The number of nitrogens with one attached hydrogen (secondary N) is 1. The zero-order valence-corrected chi connectivity index (χ0v) is 25.1. The molecule has 5 rings (SSSR count). The summed E-state index contributed by atoms with van der Waals surface area (Å²) < 4.78 is 44.1. The van der Waals surface area contributed by atoms with Crippen LogP contribution in [0.15, 0.2) is 53.3 Å². The fourth-order valence-corrected chi connectivity index (χ4v) is 6.32. The van der Waals surface area contributed by atoms with E-state index >= 15 is 0 Å². The molecule has 0 radical (unpaired) electrons. The number of carbonyl (C=O) groups is 1. The van der Waals surface area contributed by atoms with Crippen LogP contribution in [0, 0.1) is 18.3 Å². The summed E-state index contributed by atoms with van der Waals surface area (Å²) in [5, 5.41) is 11.1. The van der Waals surface area contributed by atoms with Gasteiger partial charge in [0.05, 0.1) is 25.1 Å². The Morgan fingerprint density at radius 1 is 1.20 bits per heavy atom. The van der Waals surface area contributed by atoms with Crippen LogP contribution < -0.4 is 15.5 Å². The zero-order valence-electron chi connectivity index (χ0n) is 25.1. The molecule has 232 valence electrons. The summed E-state index contributed by atoms with van der Waals surface area (Å²) in [6.07, 6.45) is -1.37. The van der Waals surface area contributed by atoms with Crippen molar-refractivity contribution in [1.29, 1.82) is 5.26 Å². The van der Waals surface area contributed by atoms with Gasteiger partial charge in [-0.3, -0.25) is 4.79 Å². The molecule has 9 nitrogen and oxygen atoms in total. The molecule has 2 atom stereocenters. The summed E-state index contributed by atoms with van der Waals surface area (Å²) in [6, 6.07) is 10.9. The summed E-state index contributed by atoms with van der Waals surface area (Å²) in [6.45, 7) is 3.16. The van der Waals surface area contributed by atoms with Gasteiger partial charge in [-0.2, -0.15) is 23.4 Å². The molecule has 2 aromatic carbocycles. The van der Waals surface area contributed by atoms with Crippen molar-refractivity contribution in [3.8, 4) is 6.07 Å². The number of fused-ring (bicyclic) bond motifs is 2. The van der Waals surface area contributed by atoms with Crippen molar-refractivity contribution in [3.63, 3.8) is 0 Å². The van der Waals surface area contributed by atoms with Crippen LogP contribution in [0.2, 0.25) is 0 Å². The maximum atomic E-state index is 14.7. The predicted molar refractivity (Wildman–Crippen MR) is 164 cm³/mol. The SMILES string of the molecule is Cc1cccc2cccc(N3Cc4[nH]c(=O)nc(N5CCN(C(=O)/C=C/CN(C)C)[C@@H](CC#N)C5)c4CC[C@@H]3C(F)(F)F)c12. The standard InChI is InChI=1S/C32H36F3N7O2/c1-21-7-4-8-22-9-5-10-26(29(21)22)42-20-25-24(12-13-27(42)32(33,34)35)30(38-31(44)37-25)40-17-18-41(23(19-40)14-15-36)28(43)11-6-16-39(2)3/h4-11,23,27H,12-14,16-20H2,1-3H3,(H,37,38,44)/b11-6+/t23-,27+/m0/s1. The number of nitrogens with zero attached hydrogens (tertiary/aromatic N) is 6. The Morgan fingerprint density at radius 3 is 2.66 bits per heavy atom. The lowest BCUT2D eigenvalue weighted by Gasteiger charge is -2.41. The second-order valence-corrected chi connectivity index (χ2v) is 11.7. The Labute approximate surface area is 254 Å². The lowest BCUT2D eigenvalue weighted by molar-refractivity contribution is -0.150. The van der Waals surface area contributed by atoms with Crippen molar-refractivity contribution in [1.82, 2.24) is 19.8 Å². The fourth-order valence-electron chi connectivity index (χ4n) is 6.32. The van der Waals surface area contributed by atoms with Gasteiger partial charge >= 0.3 is 11.9 Å². The monoisotopic (exact) mass is 607 g/mol. The van der Waals surface area contributed by atoms with Crippen LogP contribution in [0.3, 0.4) is 0 Å². The highest BCUT2D eigenvalue weighted by molar-refractivity contribution is 5.97. The van der Waals surface area contributed by atoms with Crippen LogP contribution in [-0.4, -0.2) is 84.2 Å². The lowest BCUT2D eigenvalue weighted by Crippen LogP contribution is -2.55. The van der Waals surface area contributed by atoms with E-state index in [4.69, 9.17) is 0 Å². The molecule has 44 heavy (non-hydrogen) atoms. The highest BCUT2D eigenvalue weighted by Crippen LogP contribution is 2.40. The number of likely N-dealkylation sites (N-methyl/N-ethyl adjacent to an activating group) is 1. The summed E-state index contributed by atoms with van der Waals surface area (Å²) in [5.41, 5.74) is 1.61. The number of benzene rings is 2. The average Bonchev–Trinajstić information content (AvgIpc) is 3.16. The van der Waals surface area contributed by atoms with Crippen molar-refractivity contribution in [2.45, 2.75) is 51.0 Å². The highest BCUT2D eigenvalue weighted by atomic mass is 19.4. The molecule has 2 aliphatic heterocycles. The van der Waals surface area contributed by atoms with E-state index in [0.29, 0.717) is 35.9 Å². The molecule has 2 aliphatic rings. The van der Waals surface area contributed by atoms with Crippen LogP contribution in [0.4, 0.5) is 24.7 Å². The van der Waals surface area contributed by atoms with Gasteiger partial charge in [-0.15, -0.1) is 0 Å². The number of carbonyl (C=O) groups excluding carboxylic acids is 1.